The number of nitrogens with two attached hydrogens (primary N) is 1. The molecule has 0 unspecified atom stereocenters. The molecule has 0 heterocycles. The molecule has 0 atom stereocenters. The third-order valence-electron chi connectivity index (χ3n) is 3.13. The number of nitrogens with zero attached hydrogens (tertiary/aromatic N) is 1. The van der Waals surface area contributed by atoms with Gasteiger partial charge in [0.15, 0.2) is 0 Å². The third-order valence-corrected chi connectivity index (χ3v) is 3.13. The SMILES string of the molecule is CCCCN(CCCC(C)(C)N)C1CC1. The van der Waals surface area contributed by atoms with Crippen molar-refractivity contribution in [2.24, 2.45) is 5.73 Å². The molecule has 1 aliphatic rings. The molecule has 0 amide bonds. The molecule has 0 aromatic heterocycles. The molecule has 0 aromatic carbocycles. The Hall–Kier alpha value is -0.0800. The van der Waals surface area contributed by atoms with E-state index in [1.54, 1.807) is 0 Å². The average molecular weight is 212 g/mol. The van der Waals surface area contributed by atoms with E-state index in [-0.39, 0.29) is 5.54 Å². The topological polar surface area (TPSA) is 29.3 Å². The lowest BCUT2D eigenvalue weighted by molar-refractivity contribution is 0.246. The van der Waals surface area contributed by atoms with Gasteiger partial charge in [0, 0.05) is 11.6 Å². The van der Waals surface area contributed by atoms with Crippen LogP contribution in [0.1, 0.15) is 59.3 Å². The summed E-state index contributed by atoms with van der Waals surface area (Å²) in [5.74, 6) is 0. The number of unbranched alkanes of at least 4 members (excludes halogenated alkanes) is 1. The van der Waals surface area contributed by atoms with Crippen molar-refractivity contribution in [2.75, 3.05) is 13.1 Å². The molecule has 2 heteroatoms. The Morgan fingerprint density at radius 2 is 1.80 bits per heavy atom. The van der Waals surface area contributed by atoms with E-state index in [0.29, 0.717) is 0 Å². The van der Waals surface area contributed by atoms with Crippen molar-refractivity contribution < 1.29 is 0 Å². The van der Waals surface area contributed by atoms with Crippen molar-refractivity contribution in [1.82, 2.24) is 4.90 Å². The third kappa shape index (κ3) is 6.16. The van der Waals surface area contributed by atoms with Gasteiger partial charge in [-0.25, -0.2) is 0 Å². The first-order chi connectivity index (χ1) is 7.03. The Kier molecular flexibility index (Phi) is 5.07. The molecule has 0 bridgehead atoms. The molecule has 1 rings (SSSR count). The van der Waals surface area contributed by atoms with Crippen LogP contribution in [0.4, 0.5) is 0 Å². The van der Waals surface area contributed by atoms with Crippen LogP contribution in [0.2, 0.25) is 0 Å². The second-order valence-electron chi connectivity index (χ2n) is 5.71. The Morgan fingerprint density at radius 3 is 2.27 bits per heavy atom. The quantitative estimate of drug-likeness (QED) is 0.670. The zero-order valence-electron chi connectivity index (χ0n) is 10.8. The van der Waals surface area contributed by atoms with Crippen LogP contribution in [0.5, 0.6) is 0 Å². The van der Waals surface area contributed by atoms with Crippen molar-refractivity contribution in [3.8, 4) is 0 Å². The first-order valence-electron chi connectivity index (χ1n) is 6.56. The summed E-state index contributed by atoms with van der Waals surface area (Å²) < 4.78 is 0. The molecular weight excluding hydrogens is 184 g/mol. The number of hydrogen-bond acceptors (Lipinski definition) is 2. The van der Waals surface area contributed by atoms with Crippen LogP contribution in [-0.2, 0) is 0 Å². The van der Waals surface area contributed by atoms with E-state index in [4.69, 9.17) is 5.73 Å². The lowest BCUT2D eigenvalue weighted by Gasteiger charge is -2.24. The minimum Gasteiger partial charge on any atom is -0.326 e. The molecule has 0 saturated heterocycles. The first-order valence-corrected chi connectivity index (χ1v) is 6.56. The molecular formula is C13H28N2. The highest BCUT2D eigenvalue weighted by molar-refractivity contribution is 4.84. The largest absolute Gasteiger partial charge is 0.326 e. The molecule has 90 valence electrons. The number of hydrogen-bond donors (Lipinski definition) is 1. The van der Waals surface area contributed by atoms with Gasteiger partial charge >= 0.3 is 0 Å². The van der Waals surface area contributed by atoms with Gasteiger partial charge in [0.2, 0.25) is 0 Å². The van der Waals surface area contributed by atoms with Crippen LogP contribution in [-0.4, -0.2) is 29.6 Å². The second-order valence-corrected chi connectivity index (χ2v) is 5.71. The predicted molar refractivity (Wildman–Crippen MR) is 67.0 cm³/mol. The molecule has 2 N–H and O–H groups in total. The van der Waals surface area contributed by atoms with E-state index in [2.05, 4.69) is 25.7 Å². The van der Waals surface area contributed by atoms with Crippen LogP contribution in [0.25, 0.3) is 0 Å². The van der Waals surface area contributed by atoms with Gasteiger partial charge in [0.25, 0.3) is 0 Å². The molecule has 0 aromatic rings. The summed E-state index contributed by atoms with van der Waals surface area (Å²) in [7, 11) is 0. The van der Waals surface area contributed by atoms with Crippen molar-refractivity contribution in [2.45, 2.75) is 70.9 Å². The van der Waals surface area contributed by atoms with Crippen molar-refractivity contribution in [3.63, 3.8) is 0 Å². The van der Waals surface area contributed by atoms with Crippen LogP contribution in [0, 0.1) is 0 Å². The lowest BCUT2D eigenvalue weighted by Crippen LogP contribution is -2.34. The van der Waals surface area contributed by atoms with Crippen molar-refractivity contribution >= 4 is 0 Å². The van der Waals surface area contributed by atoms with Crippen LogP contribution >= 0.6 is 0 Å². The zero-order valence-corrected chi connectivity index (χ0v) is 10.8. The summed E-state index contributed by atoms with van der Waals surface area (Å²) in [6, 6.07) is 0.914. The molecule has 1 fully saturated rings. The highest BCUT2D eigenvalue weighted by Crippen LogP contribution is 2.27. The van der Waals surface area contributed by atoms with E-state index in [9.17, 15) is 0 Å². The van der Waals surface area contributed by atoms with Crippen molar-refractivity contribution in [1.29, 1.82) is 0 Å². The maximum absolute atomic E-state index is 6.00. The van der Waals surface area contributed by atoms with Gasteiger partial charge in [0.05, 0.1) is 0 Å². The van der Waals surface area contributed by atoms with Crippen LogP contribution in [0.15, 0.2) is 0 Å². The van der Waals surface area contributed by atoms with E-state index in [1.165, 1.54) is 45.2 Å². The summed E-state index contributed by atoms with van der Waals surface area (Å²) in [6.45, 7) is 9.08. The summed E-state index contributed by atoms with van der Waals surface area (Å²) in [6.07, 6.45) is 7.91. The normalized spacial score (nSPS) is 17.4. The predicted octanol–water partition coefficient (Wildman–Crippen LogP) is 2.77. The van der Waals surface area contributed by atoms with Gasteiger partial charge in [-0.05, 0) is 59.0 Å². The fourth-order valence-corrected chi connectivity index (χ4v) is 2.02. The zero-order chi connectivity index (χ0) is 11.3. The molecule has 0 aliphatic heterocycles. The highest BCUT2D eigenvalue weighted by Gasteiger charge is 2.28. The minimum atomic E-state index is 0.0139. The average Bonchev–Trinajstić information content (AvgIpc) is 2.92. The van der Waals surface area contributed by atoms with Gasteiger partial charge in [-0.15, -0.1) is 0 Å². The van der Waals surface area contributed by atoms with Gasteiger partial charge in [-0.3, -0.25) is 0 Å². The second kappa shape index (κ2) is 5.86. The summed E-state index contributed by atoms with van der Waals surface area (Å²) in [5.41, 5.74) is 6.01. The molecule has 1 aliphatic carbocycles. The van der Waals surface area contributed by atoms with E-state index < -0.39 is 0 Å². The van der Waals surface area contributed by atoms with E-state index in [1.807, 2.05) is 0 Å². The maximum Gasteiger partial charge on any atom is 0.00975 e. The van der Waals surface area contributed by atoms with E-state index in [0.717, 1.165) is 12.5 Å². The molecule has 0 spiro atoms. The van der Waals surface area contributed by atoms with Gasteiger partial charge in [-0.1, -0.05) is 13.3 Å². The number of rotatable bonds is 8. The fourth-order valence-electron chi connectivity index (χ4n) is 2.02. The Morgan fingerprint density at radius 1 is 1.20 bits per heavy atom. The fraction of sp³-hybridized carbons (Fsp3) is 1.00. The monoisotopic (exact) mass is 212 g/mol. The summed E-state index contributed by atoms with van der Waals surface area (Å²) in [5, 5.41) is 0. The molecule has 15 heavy (non-hydrogen) atoms. The standard InChI is InChI=1S/C13H28N2/c1-4-5-10-15(12-7-8-12)11-6-9-13(2,3)14/h12H,4-11,14H2,1-3H3. The first kappa shape index (κ1) is 13.0. The lowest BCUT2D eigenvalue weighted by atomic mass is 10.00. The van der Waals surface area contributed by atoms with Gasteiger partial charge in [-0.2, -0.15) is 0 Å². The van der Waals surface area contributed by atoms with Crippen molar-refractivity contribution in [3.05, 3.63) is 0 Å². The van der Waals surface area contributed by atoms with Crippen LogP contribution < -0.4 is 5.73 Å². The summed E-state index contributed by atoms with van der Waals surface area (Å²) >= 11 is 0. The summed E-state index contributed by atoms with van der Waals surface area (Å²) in [4.78, 5) is 2.68. The molecule has 1 saturated carbocycles. The highest BCUT2D eigenvalue weighted by atomic mass is 15.2. The minimum absolute atomic E-state index is 0.0139. The smallest absolute Gasteiger partial charge is 0.00975 e. The van der Waals surface area contributed by atoms with Crippen LogP contribution in [0.3, 0.4) is 0 Å². The Bertz CT molecular complexity index is 168. The Balaban J connectivity index is 2.14. The maximum atomic E-state index is 6.00. The van der Waals surface area contributed by atoms with Gasteiger partial charge < -0.3 is 10.6 Å². The van der Waals surface area contributed by atoms with Gasteiger partial charge in [0.1, 0.15) is 0 Å². The molecule has 0 radical (unpaired) electrons. The van der Waals surface area contributed by atoms with E-state index >= 15 is 0 Å². The molecule has 2 nitrogen and oxygen atoms in total. The Labute approximate surface area is 95.2 Å².